The van der Waals surface area contributed by atoms with Crippen molar-refractivity contribution in [2.45, 2.75) is 39.2 Å². The van der Waals surface area contributed by atoms with Crippen LogP contribution in [0.1, 0.15) is 33.1 Å². The summed E-state index contributed by atoms with van der Waals surface area (Å²) in [4.78, 5) is 11.4. The molecule has 12 heavy (non-hydrogen) atoms. The molecule has 0 amide bonds. The summed E-state index contributed by atoms with van der Waals surface area (Å²) in [5.41, 5.74) is 0.415. The zero-order valence-corrected chi connectivity index (χ0v) is 7.76. The maximum atomic E-state index is 11.4. The zero-order chi connectivity index (χ0) is 9.35. The van der Waals surface area contributed by atoms with Crippen molar-refractivity contribution < 1.29 is 9.90 Å². The second kappa shape index (κ2) is 3.02. The number of ketones is 1. The van der Waals surface area contributed by atoms with E-state index in [1.54, 1.807) is 0 Å². The first-order valence-electron chi connectivity index (χ1n) is 4.32. The predicted molar refractivity (Wildman–Crippen MR) is 47.8 cm³/mol. The Morgan fingerprint density at radius 2 is 2.42 bits per heavy atom. The summed E-state index contributed by atoms with van der Waals surface area (Å²) in [7, 11) is 0. The molecular formula is C10H16O2. The summed E-state index contributed by atoms with van der Waals surface area (Å²) < 4.78 is 0. The molecule has 2 nitrogen and oxygen atoms in total. The number of Topliss-reactive ketones (excluding diaryl/α,β-unsaturated/α-hetero) is 1. The molecule has 2 heteroatoms. The lowest BCUT2D eigenvalue weighted by Crippen LogP contribution is -2.32. The number of hydrogen-bond acceptors (Lipinski definition) is 2. The third-order valence-corrected chi connectivity index (χ3v) is 2.69. The van der Waals surface area contributed by atoms with Gasteiger partial charge in [0.2, 0.25) is 0 Å². The summed E-state index contributed by atoms with van der Waals surface area (Å²) in [6.07, 6.45) is 1.28. The molecule has 2 atom stereocenters. The minimum atomic E-state index is -0.550. The second-order valence-electron chi connectivity index (χ2n) is 4.03. The first-order valence-corrected chi connectivity index (χ1v) is 4.32. The number of carbonyl (C=O) groups excluding carboxylic acids is 1. The van der Waals surface area contributed by atoms with Crippen LogP contribution >= 0.6 is 0 Å². The van der Waals surface area contributed by atoms with Gasteiger partial charge in [-0.1, -0.05) is 5.57 Å². The molecule has 0 aromatic heterocycles. The van der Waals surface area contributed by atoms with Crippen molar-refractivity contribution in [1.82, 2.24) is 0 Å². The van der Waals surface area contributed by atoms with Crippen LogP contribution in [0, 0.1) is 5.41 Å². The molecule has 1 aliphatic carbocycles. The molecule has 0 heterocycles. The molecule has 1 aliphatic rings. The van der Waals surface area contributed by atoms with Gasteiger partial charge in [0.15, 0.2) is 0 Å². The van der Waals surface area contributed by atoms with E-state index in [0.717, 1.165) is 5.57 Å². The van der Waals surface area contributed by atoms with Crippen LogP contribution in [0.3, 0.4) is 0 Å². The van der Waals surface area contributed by atoms with Crippen LogP contribution in [0.2, 0.25) is 0 Å². The van der Waals surface area contributed by atoms with Gasteiger partial charge in [-0.05, 0) is 26.7 Å². The molecule has 1 saturated carbocycles. The molecule has 0 aromatic rings. The van der Waals surface area contributed by atoms with E-state index < -0.39 is 11.5 Å². The van der Waals surface area contributed by atoms with E-state index in [1.165, 1.54) is 0 Å². The van der Waals surface area contributed by atoms with E-state index in [0.29, 0.717) is 19.3 Å². The highest BCUT2D eigenvalue weighted by atomic mass is 16.3. The van der Waals surface area contributed by atoms with E-state index in [-0.39, 0.29) is 5.78 Å². The fourth-order valence-corrected chi connectivity index (χ4v) is 1.90. The lowest BCUT2D eigenvalue weighted by Gasteiger charge is -2.26. The molecular weight excluding hydrogens is 152 g/mol. The fraction of sp³-hybridized carbons (Fsp3) is 0.700. The van der Waals surface area contributed by atoms with E-state index >= 15 is 0 Å². The van der Waals surface area contributed by atoms with Crippen molar-refractivity contribution in [2.24, 2.45) is 5.41 Å². The van der Waals surface area contributed by atoms with Crippen LogP contribution < -0.4 is 0 Å². The highest BCUT2D eigenvalue weighted by Gasteiger charge is 2.44. The number of rotatable bonds is 2. The lowest BCUT2D eigenvalue weighted by molar-refractivity contribution is -0.127. The van der Waals surface area contributed by atoms with E-state index in [4.69, 9.17) is 0 Å². The summed E-state index contributed by atoms with van der Waals surface area (Å²) in [5, 5.41) is 9.61. The maximum Gasteiger partial charge on any atom is 0.141 e. The minimum Gasteiger partial charge on any atom is -0.392 e. The average molecular weight is 168 g/mol. The Labute approximate surface area is 73.3 Å². The van der Waals surface area contributed by atoms with Crippen molar-refractivity contribution in [3.05, 3.63) is 12.2 Å². The minimum absolute atomic E-state index is 0.179. The fourth-order valence-electron chi connectivity index (χ4n) is 1.90. The third kappa shape index (κ3) is 1.44. The van der Waals surface area contributed by atoms with Gasteiger partial charge in [0.05, 0.1) is 11.5 Å². The van der Waals surface area contributed by atoms with Gasteiger partial charge in [-0.25, -0.2) is 0 Å². The molecule has 0 spiro atoms. The Bertz CT molecular complexity index is 220. The van der Waals surface area contributed by atoms with Gasteiger partial charge in [-0.15, -0.1) is 6.58 Å². The largest absolute Gasteiger partial charge is 0.392 e. The van der Waals surface area contributed by atoms with Crippen molar-refractivity contribution in [1.29, 1.82) is 0 Å². The molecule has 1 fully saturated rings. The Hall–Kier alpha value is -0.630. The molecule has 1 rings (SSSR count). The van der Waals surface area contributed by atoms with Crippen LogP contribution in [0.15, 0.2) is 12.2 Å². The topological polar surface area (TPSA) is 37.3 Å². The number of hydrogen-bond donors (Lipinski definition) is 1. The molecule has 1 N–H and O–H groups in total. The van der Waals surface area contributed by atoms with Crippen molar-refractivity contribution in [3.63, 3.8) is 0 Å². The Balaban J connectivity index is 2.79. The monoisotopic (exact) mass is 168 g/mol. The summed E-state index contributed by atoms with van der Waals surface area (Å²) in [6.45, 7) is 7.50. The average Bonchev–Trinajstić information content (AvgIpc) is 2.16. The van der Waals surface area contributed by atoms with Crippen molar-refractivity contribution in [2.75, 3.05) is 0 Å². The summed E-state index contributed by atoms with van der Waals surface area (Å²) >= 11 is 0. The number of aliphatic hydroxyl groups is 1. The van der Waals surface area contributed by atoms with Crippen LogP contribution in [0.5, 0.6) is 0 Å². The molecule has 0 radical (unpaired) electrons. The molecule has 0 unspecified atom stereocenters. The number of allylic oxidation sites excluding steroid dienone is 1. The Morgan fingerprint density at radius 3 is 2.75 bits per heavy atom. The Kier molecular flexibility index (Phi) is 2.38. The highest BCUT2D eigenvalue weighted by molar-refractivity contribution is 5.87. The van der Waals surface area contributed by atoms with Gasteiger partial charge in [0.1, 0.15) is 5.78 Å². The molecule has 68 valence electrons. The van der Waals surface area contributed by atoms with Crippen LogP contribution in [-0.4, -0.2) is 17.0 Å². The summed E-state index contributed by atoms with van der Waals surface area (Å²) in [5.74, 6) is 0.179. The quantitative estimate of drug-likeness (QED) is 0.637. The third-order valence-electron chi connectivity index (χ3n) is 2.69. The van der Waals surface area contributed by atoms with Gasteiger partial charge < -0.3 is 5.11 Å². The van der Waals surface area contributed by atoms with Gasteiger partial charge in [0.25, 0.3) is 0 Å². The zero-order valence-electron chi connectivity index (χ0n) is 7.76. The molecule has 0 aromatic carbocycles. The molecule has 0 aliphatic heterocycles. The predicted octanol–water partition coefficient (Wildman–Crippen LogP) is 1.68. The first kappa shape index (κ1) is 9.46. The van der Waals surface area contributed by atoms with Crippen molar-refractivity contribution in [3.8, 4) is 0 Å². The van der Waals surface area contributed by atoms with Crippen LogP contribution in [0.25, 0.3) is 0 Å². The molecule has 0 bridgehead atoms. The van der Waals surface area contributed by atoms with E-state index in [2.05, 4.69) is 6.58 Å². The highest BCUT2D eigenvalue weighted by Crippen LogP contribution is 2.39. The SMILES string of the molecule is C=C(C)C[C@@]1(C)C(=O)CC[C@@H]1O. The normalized spacial score (nSPS) is 35.6. The number of carbonyl (C=O) groups is 1. The van der Waals surface area contributed by atoms with Crippen LogP contribution in [0.4, 0.5) is 0 Å². The van der Waals surface area contributed by atoms with Crippen LogP contribution in [-0.2, 0) is 4.79 Å². The summed E-state index contributed by atoms with van der Waals surface area (Å²) in [6, 6.07) is 0. The number of aliphatic hydroxyl groups excluding tert-OH is 1. The van der Waals surface area contributed by atoms with E-state index in [9.17, 15) is 9.90 Å². The standard InChI is InChI=1S/C10H16O2/c1-7(2)6-10(3)8(11)4-5-9(10)12/h8,11H,1,4-6H2,2-3H3/t8-,10+/m0/s1. The van der Waals surface area contributed by atoms with Gasteiger partial charge >= 0.3 is 0 Å². The van der Waals surface area contributed by atoms with Crippen molar-refractivity contribution >= 4 is 5.78 Å². The van der Waals surface area contributed by atoms with Gasteiger partial charge in [-0.3, -0.25) is 4.79 Å². The smallest absolute Gasteiger partial charge is 0.141 e. The lowest BCUT2D eigenvalue weighted by atomic mass is 9.80. The van der Waals surface area contributed by atoms with E-state index in [1.807, 2.05) is 13.8 Å². The Morgan fingerprint density at radius 1 is 1.83 bits per heavy atom. The maximum absolute atomic E-state index is 11.4. The first-order chi connectivity index (χ1) is 5.47. The second-order valence-corrected chi connectivity index (χ2v) is 4.03. The van der Waals surface area contributed by atoms with Gasteiger partial charge in [0, 0.05) is 6.42 Å². The van der Waals surface area contributed by atoms with Gasteiger partial charge in [-0.2, -0.15) is 0 Å². The molecule has 0 saturated heterocycles.